The van der Waals surface area contributed by atoms with Crippen LogP contribution < -0.4 is 0 Å². The van der Waals surface area contributed by atoms with E-state index < -0.39 is 0 Å². The predicted octanol–water partition coefficient (Wildman–Crippen LogP) is 1.68. The van der Waals surface area contributed by atoms with Crippen molar-refractivity contribution < 1.29 is 14.0 Å². The lowest BCUT2D eigenvalue weighted by Gasteiger charge is -2.40. The van der Waals surface area contributed by atoms with E-state index in [1.165, 1.54) is 11.8 Å². The Morgan fingerprint density at radius 1 is 0.897 bits per heavy atom. The summed E-state index contributed by atoms with van der Waals surface area (Å²) in [6.07, 6.45) is 1.39. The van der Waals surface area contributed by atoms with Crippen LogP contribution >= 0.6 is 0 Å². The van der Waals surface area contributed by atoms with Crippen molar-refractivity contribution in [3.05, 3.63) is 53.7 Å². The number of carbonyl (C=O) groups is 2. The highest BCUT2D eigenvalue weighted by Crippen LogP contribution is 2.13. The zero-order chi connectivity index (χ0) is 20.2. The topological polar surface area (TPSA) is 73.1 Å². The molecule has 2 aliphatic rings. The van der Waals surface area contributed by atoms with Crippen molar-refractivity contribution in [3.8, 4) is 0 Å². The molecule has 29 heavy (non-hydrogen) atoms. The molecule has 3 heterocycles. The van der Waals surface area contributed by atoms with Crippen molar-refractivity contribution in [2.75, 3.05) is 52.4 Å². The number of hydrogen-bond donors (Lipinski definition) is 0. The molecule has 8 nitrogen and oxygen atoms in total. The van der Waals surface area contributed by atoms with Gasteiger partial charge in [-0.25, -0.2) is 9.78 Å². The minimum absolute atomic E-state index is 0.0775. The van der Waals surface area contributed by atoms with Gasteiger partial charge >= 0.3 is 6.03 Å². The predicted molar refractivity (Wildman–Crippen MR) is 107 cm³/mol. The lowest BCUT2D eigenvalue weighted by atomic mass is 10.2. The molecule has 0 atom stereocenters. The smallest absolute Gasteiger partial charge is 0.320 e. The molecule has 2 fully saturated rings. The van der Waals surface area contributed by atoms with Crippen LogP contribution in [-0.2, 0) is 6.54 Å². The number of rotatable bonds is 3. The van der Waals surface area contributed by atoms with Crippen LogP contribution in [-0.4, -0.2) is 88.9 Å². The number of urea groups is 1. The van der Waals surface area contributed by atoms with E-state index in [2.05, 4.69) is 34.1 Å². The van der Waals surface area contributed by atoms with Gasteiger partial charge in [0.15, 0.2) is 11.6 Å². The Morgan fingerprint density at radius 3 is 2.07 bits per heavy atom. The summed E-state index contributed by atoms with van der Waals surface area (Å²) in [4.78, 5) is 37.3. The van der Waals surface area contributed by atoms with E-state index in [-0.39, 0.29) is 11.9 Å². The number of piperazine rings is 2. The first-order valence-electron chi connectivity index (χ1n) is 10.1. The Bertz CT molecular complexity index is 837. The number of nitrogens with zero attached hydrogens (tertiary/aromatic N) is 5. The standard InChI is InChI=1S/C21H27N5O3/c1-17-22-19(16-29-17)20(27)24-11-13-26(14-12-24)21(28)25-9-7-23(8-10-25)15-18-5-3-2-4-6-18/h2-6,16H,7-15H2,1H3. The monoisotopic (exact) mass is 397 g/mol. The number of benzene rings is 1. The Morgan fingerprint density at radius 2 is 1.48 bits per heavy atom. The van der Waals surface area contributed by atoms with Crippen LogP contribution in [0, 0.1) is 6.92 Å². The minimum atomic E-state index is -0.136. The number of hydrogen-bond acceptors (Lipinski definition) is 5. The summed E-state index contributed by atoms with van der Waals surface area (Å²) in [5, 5.41) is 0. The fourth-order valence-electron chi connectivity index (χ4n) is 3.86. The van der Waals surface area contributed by atoms with E-state index in [1.807, 2.05) is 15.9 Å². The maximum atomic E-state index is 12.9. The normalized spacial score (nSPS) is 18.2. The first kappa shape index (κ1) is 19.4. The van der Waals surface area contributed by atoms with Crippen LogP contribution in [0.1, 0.15) is 21.9 Å². The maximum Gasteiger partial charge on any atom is 0.320 e. The Hall–Kier alpha value is -2.87. The third kappa shape index (κ3) is 4.59. The summed E-state index contributed by atoms with van der Waals surface area (Å²) in [7, 11) is 0. The second-order valence-electron chi connectivity index (χ2n) is 7.56. The van der Waals surface area contributed by atoms with Gasteiger partial charge in [0.25, 0.3) is 5.91 Å². The zero-order valence-electron chi connectivity index (χ0n) is 16.8. The molecule has 2 saturated heterocycles. The van der Waals surface area contributed by atoms with E-state index in [9.17, 15) is 9.59 Å². The molecule has 0 bridgehead atoms. The van der Waals surface area contributed by atoms with Gasteiger partial charge < -0.3 is 19.1 Å². The van der Waals surface area contributed by atoms with Gasteiger partial charge in [-0.15, -0.1) is 0 Å². The summed E-state index contributed by atoms with van der Waals surface area (Å²) in [5.41, 5.74) is 1.63. The highest BCUT2D eigenvalue weighted by Gasteiger charge is 2.30. The Labute approximate surface area is 170 Å². The molecule has 2 aliphatic heterocycles. The van der Waals surface area contributed by atoms with E-state index >= 15 is 0 Å². The molecule has 0 N–H and O–H groups in total. The molecule has 3 amide bonds. The molecular formula is C21H27N5O3. The highest BCUT2D eigenvalue weighted by molar-refractivity contribution is 5.92. The van der Waals surface area contributed by atoms with Gasteiger partial charge in [-0.3, -0.25) is 9.69 Å². The van der Waals surface area contributed by atoms with Gasteiger partial charge in [0, 0.05) is 65.8 Å². The number of oxazole rings is 1. The van der Waals surface area contributed by atoms with Gasteiger partial charge in [-0.05, 0) is 5.56 Å². The van der Waals surface area contributed by atoms with Crippen molar-refractivity contribution >= 4 is 11.9 Å². The van der Waals surface area contributed by atoms with Gasteiger partial charge in [-0.1, -0.05) is 30.3 Å². The number of aryl methyl sites for hydroxylation is 1. The van der Waals surface area contributed by atoms with Crippen molar-refractivity contribution in [2.45, 2.75) is 13.5 Å². The lowest BCUT2D eigenvalue weighted by Crippen LogP contribution is -2.57. The minimum Gasteiger partial charge on any atom is -0.448 e. The average molecular weight is 397 g/mol. The third-order valence-corrected chi connectivity index (χ3v) is 5.57. The summed E-state index contributed by atoms with van der Waals surface area (Å²) in [6.45, 7) is 8.01. The van der Waals surface area contributed by atoms with E-state index in [4.69, 9.17) is 4.42 Å². The van der Waals surface area contributed by atoms with Crippen LogP contribution in [0.25, 0.3) is 0 Å². The van der Waals surface area contributed by atoms with Gasteiger partial charge in [0.2, 0.25) is 0 Å². The van der Waals surface area contributed by atoms with Crippen LogP contribution in [0.5, 0.6) is 0 Å². The van der Waals surface area contributed by atoms with Crippen molar-refractivity contribution in [2.24, 2.45) is 0 Å². The largest absolute Gasteiger partial charge is 0.448 e. The maximum absolute atomic E-state index is 12.9. The van der Waals surface area contributed by atoms with E-state index in [0.29, 0.717) is 37.8 Å². The first-order chi connectivity index (χ1) is 14.1. The second-order valence-corrected chi connectivity index (χ2v) is 7.56. The van der Waals surface area contributed by atoms with Crippen molar-refractivity contribution in [1.82, 2.24) is 24.6 Å². The number of carbonyl (C=O) groups excluding carboxylic acids is 2. The lowest BCUT2D eigenvalue weighted by molar-refractivity contribution is 0.0605. The summed E-state index contributed by atoms with van der Waals surface area (Å²) in [5.74, 6) is 0.344. The van der Waals surface area contributed by atoms with Gasteiger partial charge in [0.1, 0.15) is 6.26 Å². The SMILES string of the molecule is Cc1nc(C(=O)N2CCN(C(=O)N3CCN(Cc4ccccc4)CC3)CC2)co1. The Kier molecular flexibility index (Phi) is 5.80. The van der Waals surface area contributed by atoms with E-state index in [1.54, 1.807) is 11.8 Å². The molecule has 1 aromatic carbocycles. The van der Waals surface area contributed by atoms with Crippen LogP contribution in [0.4, 0.5) is 4.79 Å². The number of aromatic nitrogens is 1. The molecule has 4 rings (SSSR count). The molecule has 154 valence electrons. The molecule has 8 heteroatoms. The average Bonchev–Trinajstić information content (AvgIpc) is 3.20. The van der Waals surface area contributed by atoms with Crippen LogP contribution in [0.3, 0.4) is 0 Å². The summed E-state index contributed by atoms with van der Waals surface area (Å²) >= 11 is 0. The van der Waals surface area contributed by atoms with Gasteiger partial charge in [0.05, 0.1) is 0 Å². The molecule has 1 aromatic heterocycles. The molecule has 0 spiro atoms. The second kappa shape index (κ2) is 8.65. The van der Waals surface area contributed by atoms with Crippen molar-refractivity contribution in [3.63, 3.8) is 0 Å². The molecule has 0 saturated carbocycles. The molecule has 0 aliphatic carbocycles. The molecule has 0 unspecified atom stereocenters. The zero-order valence-corrected chi connectivity index (χ0v) is 16.8. The molecular weight excluding hydrogens is 370 g/mol. The van der Waals surface area contributed by atoms with Crippen LogP contribution in [0.2, 0.25) is 0 Å². The molecule has 2 aromatic rings. The van der Waals surface area contributed by atoms with Crippen molar-refractivity contribution in [1.29, 1.82) is 0 Å². The highest BCUT2D eigenvalue weighted by atomic mass is 16.3. The first-order valence-corrected chi connectivity index (χ1v) is 10.1. The fourth-order valence-corrected chi connectivity index (χ4v) is 3.86. The van der Waals surface area contributed by atoms with E-state index in [0.717, 1.165) is 32.7 Å². The number of amides is 3. The molecule has 0 radical (unpaired) electrons. The summed E-state index contributed by atoms with van der Waals surface area (Å²) < 4.78 is 5.13. The third-order valence-electron chi connectivity index (χ3n) is 5.57. The Balaban J connectivity index is 1.23. The van der Waals surface area contributed by atoms with Crippen LogP contribution in [0.15, 0.2) is 41.0 Å². The summed E-state index contributed by atoms with van der Waals surface area (Å²) in [6, 6.07) is 10.5. The quantitative estimate of drug-likeness (QED) is 0.788. The van der Waals surface area contributed by atoms with Gasteiger partial charge in [-0.2, -0.15) is 0 Å². The fraction of sp³-hybridized carbons (Fsp3) is 0.476.